The molecule has 2 heterocycles. The molecular weight excluding hydrogens is 280 g/mol. The van der Waals surface area contributed by atoms with Crippen molar-refractivity contribution < 1.29 is 9.90 Å². The molecule has 0 radical (unpaired) electrons. The van der Waals surface area contributed by atoms with Gasteiger partial charge in [-0.1, -0.05) is 6.42 Å². The van der Waals surface area contributed by atoms with E-state index in [0.717, 1.165) is 25.7 Å². The van der Waals surface area contributed by atoms with Gasteiger partial charge in [0.2, 0.25) is 0 Å². The van der Waals surface area contributed by atoms with Crippen LogP contribution >= 0.6 is 0 Å². The lowest BCUT2D eigenvalue weighted by Gasteiger charge is -2.25. The largest absolute Gasteiger partial charge is 0.393 e. The first-order chi connectivity index (χ1) is 10.7. The SMILES string of the molecule is O=C(NCC1CCCC(O)C1)c1ccnc(-n2ccnc2)c1. The summed E-state index contributed by atoms with van der Waals surface area (Å²) in [6.45, 7) is 0.610. The number of aliphatic hydroxyl groups excluding tert-OH is 1. The molecule has 6 nitrogen and oxygen atoms in total. The van der Waals surface area contributed by atoms with Crippen molar-refractivity contribution in [2.24, 2.45) is 5.92 Å². The second kappa shape index (κ2) is 6.70. The summed E-state index contributed by atoms with van der Waals surface area (Å²) in [6.07, 6.45) is 10.2. The lowest BCUT2D eigenvalue weighted by atomic mass is 9.87. The molecule has 0 saturated heterocycles. The van der Waals surface area contributed by atoms with Crippen LogP contribution in [0.4, 0.5) is 0 Å². The van der Waals surface area contributed by atoms with E-state index in [0.29, 0.717) is 23.8 Å². The van der Waals surface area contributed by atoms with Crippen molar-refractivity contribution in [1.29, 1.82) is 0 Å². The maximum Gasteiger partial charge on any atom is 0.251 e. The van der Waals surface area contributed by atoms with Gasteiger partial charge in [-0.3, -0.25) is 9.36 Å². The van der Waals surface area contributed by atoms with Crippen molar-refractivity contribution in [1.82, 2.24) is 19.9 Å². The van der Waals surface area contributed by atoms with Gasteiger partial charge in [-0.15, -0.1) is 0 Å². The minimum absolute atomic E-state index is 0.108. The van der Waals surface area contributed by atoms with E-state index in [2.05, 4.69) is 15.3 Å². The van der Waals surface area contributed by atoms with Crippen molar-refractivity contribution in [3.05, 3.63) is 42.6 Å². The average molecular weight is 300 g/mol. The van der Waals surface area contributed by atoms with Crippen LogP contribution < -0.4 is 5.32 Å². The highest BCUT2D eigenvalue weighted by molar-refractivity contribution is 5.94. The van der Waals surface area contributed by atoms with Gasteiger partial charge in [0.25, 0.3) is 5.91 Å². The Kier molecular flexibility index (Phi) is 4.48. The van der Waals surface area contributed by atoms with Crippen LogP contribution in [0, 0.1) is 5.92 Å². The summed E-state index contributed by atoms with van der Waals surface area (Å²) in [4.78, 5) is 20.5. The first-order valence-electron chi connectivity index (χ1n) is 7.63. The summed E-state index contributed by atoms with van der Waals surface area (Å²) in [6, 6.07) is 3.44. The van der Waals surface area contributed by atoms with Crippen molar-refractivity contribution in [3.63, 3.8) is 0 Å². The molecule has 6 heteroatoms. The van der Waals surface area contributed by atoms with Gasteiger partial charge in [-0.05, 0) is 37.3 Å². The van der Waals surface area contributed by atoms with E-state index in [1.807, 2.05) is 0 Å². The van der Waals surface area contributed by atoms with E-state index < -0.39 is 0 Å². The number of carbonyl (C=O) groups excluding carboxylic acids is 1. The fourth-order valence-electron chi connectivity index (χ4n) is 2.88. The molecule has 116 valence electrons. The van der Waals surface area contributed by atoms with Crippen molar-refractivity contribution in [3.8, 4) is 5.82 Å². The maximum absolute atomic E-state index is 12.3. The van der Waals surface area contributed by atoms with Crippen molar-refractivity contribution in [2.75, 3.05) is 6.54 Å². The molecule has 1 amide bonds. The molecule has 22 heavy (non-hydrogen) atoms. The number of aliphatic hydroxyl groups is 1. The summed E-state index contributed by atoms with van der Waals surface area (Å²) in [5, 5.41) is 12.6. The third kappa shape index (κ3) is 3.51. The number of nitrogens with one attached hydrogen (secondary N) is 1. The van der Waals surface area contributed by atoms with Crippen LogP contribution in [0.15, 0.2) is 37.1 Å². The Morgan fingerprint density at radius 3 is 3.09 bits per heavy atom. The molecule has 3 rings (SSSR count). The molecule has 0 bridgehead atoms. The number of amides is 1. The molecule has 2 atom stereocenters. The third-order valence-electron chi connectivity index (χ3n) is 4.08. The maximum atomic E-state index is 12.3. The molecule has 0 spiro atoms. The molecule has 0 aromatic carbocycles. The molecule has 0 aliphatic heterocycles. The quantitative estimate of drug-likeness (QED) is 0.898. The van der Waals surface area contributed by atoms with Gasteiger partial charge in [0.1, 0.15) is 12.1 Å². The van der Waals surface area contributed by atoms with Gasteiger partial charge in [0.05, 0.1) is 6.10 Å². The number of pyridine rings is 1. The van der Waals surface area contributed by atoms with Crippen molar-refractivity contribution >= 4 is 5.91 Å². The zero-order valence-electron chi connectivity index (χ0n) is 12.4. The molecule has 2 unspecified atom stereocenters. The number of nitrogens with zero attached hydrogens (tertiary/aromatic N) is 3. The van der Waals surface area contributed by atoms with E-state index in [1.54, 1.807) is 41.6 Å². The zero-order chi connectivity index (χ0) is 15.4. The van der Waals surface area contributed by atoms with Crippen LogP contribution in [-0.2, 0) is 0 Å². The second-order valence-corrected chi connectivity index (χ2v) is 5.77. The van der Waals surface area contributed by atoms with E-state index >= 15 is 0 Å². The molecule has 2 aromatic rings. The second-order valence-electron chi connectivity index (χ2n) is 5.77. The van der Waals surface area contributed by atoms with Gasteiger partial charge in [-0.25, -0.2) is 9.97 Å². The van der Waals surface area contributed by atoms with E-state index in [9.17, 15) is 9.90 Å². The monoisotopic (exact) mass is 300 g/mol. The van der Waals surface area contributed by atoms with Gasteiger partial charge < -0.3 is 10.4 Å². The van der Waals surface area contributed by atoms with Crippen LogP contribution in [0.5, 0.6) is 0 Å². The predicted molar refractivity (Wildman–Crippen MR) is 81.7 cm³/mol. The summed E-state index contributed by atoms with van der Waals surface area (Å²) in [5.74, 6) is 0.921. The Morgan fingerprint density at radius 1 is 1.41 bits per heavy atom. The summed E-state index contributed by atoms with van der Waals surface area (Å²) in [5.41, 5.74) is 0.579. The highest BCUT2D eigenvalue weighted by atomic mass is 16.3. The first-order valence-corrected chi connectivity index (χ1v) is 7.63. The van der Waals surface area contributed by atoms with Crippen LogP contribution in [0.2, 0.25) is 0 Å². The Hall–Kier alpha value is -2.21. The van der Waals surface area contributed by atoms with Crippen LogP contribution in [-0.4, -0.2) is 38.2 Å². The Bertz CT molecular complexity index is 627. The molecule has 2 N–H and O–H groups in total. The molecule has 1 aliphatic rings. The first kappa shape index (κ1) is 14.7. The van der Waals surface area contributed by atoms with Gasteiger partial charge in [0.15, 0.2) is 0 Å². The highest BCUT2D eigenvalue weighted by Crippen LogP contribution is 2.23. The topological polar surface area (TPSA) is 80.0 Å². The lowest BCUT2D eigenvalue weighted by molar-refractivity contribution is 0.0873. The normalized spacial score (nSPS) is 21.5. The number of imidazole rings is 1. The molecule has 2 aromatic heterocycles. The number of aromatic nitrogens is 3. The van der Waals surface area contributed by atoms with E-state index in [4.69, 9.17) is 0 Å². The Balaban J connectivity index is 1.61. The van der Waals surface area contributed by atoms with E-state index in [-0.39, 0.29) is 12.0 Å². The van der Waals surface area contributed by atoms with Gasteiger partial charge >= 0.3 is 0 Å². The summed E-state index contributed by atoms with van der Waals surface area (Å²) in [7, 11) is 0. The Labute approximate surface area is 129 Å². The predicted octanol–water partition coefficient (Wildman–Crippen LogP) is 1.55. The minimum atomic E-state index is -0.218. The number of hydrogen-bond donors (Lipinski definition) is 2. The van der Waals surface area contributed by atoms with E-state index in [1.165, 1.54) is 0 Å². The summed E-state index contributed by atoms with van der Waals surface area (Å²) >= 11 is 0. The highest BCUT2D eigenvalue weighted by Gasteiger charge is 2.20. The molecule has 1 saturated carbocycles. The molecule has 1 aliphatic carbocycles. The van der Waals surface area contributed by atoms with Crippen LogP contribution in [0.3, 0.4) is 0 Å². The standard InChI is InChI=1S/C16H20N4O2/c21-14-3-1-2-12(8-14)10-19-16(22)13-4-5-18-15(9-13)20-7-6-17-11-20/h4-7,9,11-12,14,21H,1-3,8,10H2,(H,19,22). The Morgan fingerprint density at radius 2 is 2.32 bits per heavy atom. The number of carbonyl (C=O) groups is 1. The fourth-order valence-corrected chi connectivity index (χ4v) is 2.88. The molecule has 1 fully saturated rings. The zero-order valence-corrected chi connectivity index (χ0v) is 12.4. The third-order valence-corrected chi connectivity index (χ3v) is 4.08. The van der Waals surface area contributed by atoms with Crippen LogP contribution in [0.1, 0.15) is 36.0 Å². The minimum Gasteiger partial charge on any atom is -0.393 e. The number of hydrogen-bond acceptors (Lipinski definition) is 4. The smallest absolute Gasteiger partial charge is 0.251 e. The number of rotatable bonds is 4. The van der Waals surface area contributed by atoms with Crippen LogP contribution in [0.25, 0.3) is 5.82 Å². The molecular formula is C16H20N4O2. The lowest BCUT2D eigenvalue weighted by Crippen LogP contribution is -2.33. The summed E-state index contributed by atoms with van der Waals surface area (Å²) < 4.78 is 1.76. The fraction of sp³-hybridized carbons (Fsp3) is 0.438. The van der Waals surface area contributed by atoms with Crippen molar-refractivity contribution in [2.45, 2.75) is 31.8 Å². The van der Waals surface area contributed by atoms with Gasteiger partial charge in [0, 0.05) is 30.7 Å². The van der Waals surface area contributed by atoms with Gasteiger partial charge in [-0.2, -0.15) is 0 Å². The average Bonchev–Trinajstić information content (AvgIpc) is 3.07.